The Morgan fingerprint density at radius 2 is 1.15 bits per heavy atom. The van der Waals surface area contributed by atoms with Crippen molar-refractivity contribution in [1.29, 1.82) is 0 Å². The number of rotatable bonds is 3. The lowest BCUT2D eigenvalue weighted by Crippen LogP contribution is -1.94. The molecule has 0 fully saturated rings. The number of aldehydes is 1. The summed E-state index contributed by atoms with van der Waals surface area (Å²) < 4.78 is 0. The lowest BCUT2D eigenvalue weighted by atomic mass is 9.96. The number of hydrogen-bond acceptors (Lipinski definition) is 4. The summed E-state index contributed by atoms with van der Waals surface area (Å²) in [5.41, 5.74) is 4.07. The summed E-state index contributed by atoms with van der Waals surface area (Å²) in [6.07, 6.45) is 11.1. The van der Waals surface area contributed by atoms with Crippen molar-refractivity contribution in [2.45, 2.75) is 0 Å². The van der Waals surface area contributed by atoms with Crippen molar-refractivity contribution < 1.29 is 4.79 Å². The van der Waals surface area contributed by atoms with Crippen molar-refractivity contribution in [3.8, 4) is 22.3 Å². The molecule has 0 saturated carbocycles. The Hall–Kier alpha value is -2.88. The zero-order valence-corrected chi connectivity index (χ0v) is 10.6. The van der Waals surface area contributed by atoms with E-state index in [9.17, 15) is 4.79 Å². The Morgan fingerprint density at radius 1 is 0.700 bits per heavy atom. The van der Waals surface area contributed by atoms with E-state index in [4.69, 9.17) is 0 Å². The predicted octanol–water partition coefficient (Wildman–Crippen LogP) is 3.02. The Morgan fingerprint density at radius 3 is 1.55 bits per heavy atom. The number of hydrogen-bond donors (Lipinski definition) is 0. The molecular weight excluding hydrogens is 250 g/mol. The van der Waals surface area contributed by atoms with Crippen molar-refractivity contribution in [2.24, 2.45) is 0 Å². The number of carbonyl (C=O) groups excluding carboxylic acids is 1. The van der Waals surface area contributed by atoms with Gasteiger partial charge in [0.15, 0.2) is 6.29 Å². The third kappa shape index (κ3) is 2.19. The second kappa shape index (κ2) is 5.40. The number of aromatic nitrogens is 3. The maximum absolute atomic E-state index is 11.5. The summed E-state index contributed by atoms with van der Waals surface area (Å²) >= 11 is 0. The van der Waals surface area contributed by atoms with E-state index in [0.717, 1.165) is 28.5 Å². The minimum Gasteiger partial charge on any atom is -0.298 e. The van der Waals surface area contributed by atoms with Gasteiger partial charge in [-0.2, -0.15) is 0 Å². The average molecular weight is 261 g/mol. The van der Waals surface area contributed by atoms with E-state index in [1.165, 1.54) is 0 Å². The second-order valence-electron chi connectivity index (χ2n) is 4.24. The van der Waals surface area contributed by atoms with Crippen molar-refractivity contribution in [1.82, 2.24) is 15.0 Å². The maximum atomic E-state index is 11.5. The third-order valence-corrected chi connectivity index (χ3v) is 3.09. The first-order valence-corrected chi connectivity index (χ1v) is 6.14. The van der Waals surface area contributed by atoms with Gasteiger partial charge in [-0.25, -0.2) is 0 Å². The standard InChI is InChI=1S/C16H11N3O/c20-11-16-14(12-1-5-17-6-2-12)9-19-10-15(16)13-3-7-18-8-4-13/h1-11H. The summed E-state index contributed by atoms with van der Waals surface area (Å²) in [5.74, 6) is 0. The minimum atomic E-state index is 0.623. The quantitative estimate of drug-likeness (QED) is 0.680. The van der Waals surface area contributed by atoms with E-state index in [1.54, 1.807) is 37.2 Å². The molecule has 0 aromatic carbocycles. The first kappa shape index (κ1) is 12.2. The van der Waals surface area contributed by atoms with Crippen LogP contribution in [-0.4, -0.2) is 21.2 Å². The zero-order chi connectivity index (χ0) is 13.8. The van der Waals surface area contributed by atoms with E-state index >= 15 is 0 Å². The topological polar surface area (TPSA) is 55.7 Å². The number of nitrogens with zero attached hydrogens (tertiary/aromatic N) is 3. The largest absolute Gasteiger partial charge is 0.298 e. The van der Waals surface area contributed by atoms with Crippen LogP contribution in [0.2, 0.25) is 0 Å². The molecule has 3 aromatic rings. The molecule has 3 heterocycles. The van der Waals surface area contributed by atoms with E-state index in [0.29, 0.717) is 5.56 Å². The van der Waals surface area contributed by atoms with Gasteiger partial charge in [0.25, 0.3) is 0 Å². The van der Waals surface area contributed by atoms with Gasteiger partial charge in [-0.05, 0) is 35.4 Å². The smallest absolute Gasteiger partial charge is 0.151 e. The highest BCUT2D eigenvalue weighted by molar-refractivity contribution is 5.95. The van der Waals surface area contributed by atoms with Crippen LogP contribution in [0, 0.1) is 0 Å². The molecule has 0 amide bonds. The molecule has 3 rings (SSSR count). The Balaban J connectivity index is 2.22. The summed E-state index contributed by atoms with van der Waals surface area (Å²) in [4.78, 5) is 23.8. The molecule has 4 heteroatoms. The van der Waals surface area contributed by atoms with Gasteiger partial charge in [-0.15, -0.1) is 0 Å². The predicted molar refractivity (Wildman–Crippen MR) is 76.1 cm³/mol. The van der Waals surface area contributed by atoms with Crippen molar-refractivity contribution in [3.05, 3.63) is 67.0 Å². The molecule has 0 aliphatic heterocycles. The van der Waals surface area contributed by atoms with Crippen LogP contribution in [0.5, 0.6) is 0 Å². The van der Waals surface area contributed by atoms with Crippen LogP contribution in [0.25, 0.3) is 22.3 Å². The van der Waals surface area contributed by atoms with Crippen LogP contribution < -0.4 is 0 Å². The highest BCUT2D eigenvalue weighted by atomic mass is 16.1. The van der Waals surface area contributed by atoms with Crippen molar-refractivity contribution in [2.75, 3.05) is 0 Å². The maximum Gasteiger partial charge on any atom is 0.151 e. The van der Waals surface area contributed by atoms with Gasteiger partial charge in [-0.1, -0.05) is 0 Å². The van der Waals surface area contributed by atoms with Crippen LogP contribution in [-0.2, 0) is 0 Å². The number of carbonyl (C=O) groups is 1. The molecule has 3 aromatic heterocycles. The Labute approximate surface area is 116 Å². The van der Waals surface area contributed by atoms with E-state index in [-0.39, 0.29) is 0 Å². The Bertz CT molecular complexity index is 669. The molecule has 0 saturated heterocycles. The fourth-order valence-corrected chi connectivity index (χ4v) is 2.12. The first-order valence-electron chi connectivity index (χ1n) is 6.14. The summed E-state index contributed by atoms with van der Waals surface area (Å²) in [5, 5.41) is 0. The molecule has 0 aliphatic carbocycles. The van der Waals surface area contributed by atoms with Gasteiger partial charge in [0.05, 0.1) is 0 Å². The van der Waals surface area contributed by atoms with Gasteiger partial charge >= 0.3 is 0 Å². The molecule has 0 bridgehead atoms. The van der Waals surface area contributed by atoms with Gasteiger partial charge in [0.1, 0.15) is 0 Å². The van der Waals surface area contributed by atoms with Crippen molar-refractivity contribution >= 4 is 6.29 Å². The molecule has 0 aliphatic rings. The van der Waals surface area contributed by atoms with Crippen LogP contribution in [0.15, 0.2) is 61.4 Å². The first-order chi connectivity index (χ1) is 9.90. The fraction of sp³-hybridized carbons (Fsp3) is 0. The van der Waals surface area contributed by atoms with Crippen LogP contribution >= 0.6 is 0 Å². The fourth-order valence-electron chi connectivity index (χ4n) is 2.12. The molecule has 4 nitrogen and oxygen atoms in total. The van der Waals surface area contributed by atoms with Gasteiger partial charge in [0, 0.05) is 53.9 Å². The summed E-state index contributed by atoms with van der Waals surface area (Å²) in [6.45, 7) is 0. The van der Waals surface area contributed by atoms with Gasteiger partial charge in [0.2, 0.25) is 0 Å². The van der Waals surface area contributed by atoms with E-state index in [1.807, 2.05) is 24.3 Å². The molecule has 20 heavy (non-hydrogen) atoms. The van der Waals surface area contributed by atoms with Crippen LogP contribution in [0.4, 0.5) is 0 Å². The van der Waals surface area contributed by atoms with Crippen LogP contribution in [0.3, 0.4) is 0 Å². The SMILES string of the molecule is O=Cc1c(-c2ccncc2)cncc1-c1ccncc1. The molecule has 0 N–H and O–H groups in total. The highest BCUT2D eigenvalue weighted by Crippen LogP contribution is 2.29. The minimum absolute atomic E-state index is 0.623. The van der Waals surface area contributed by atoms with Gasteiger partial charge < -0.3 is 0 Å². The summed E-state index contributed by atoms with van der Waals surface area (Å²) in [7, 11) is 0. The monoisotopic (exact) mass is 261 g/mol. The summed E-state index contributed by atoms with van der Waals surface area (Å²) in [6, 6.07) is 7.45. The third-order valence-electron chi connectivity index (χ3n) is 3.09. The van der Waals surface area contributed by atoms with E-state index in [2.05, 4.69) is 15.0 Å². The molecule has 0 atom stereocenters. The lowest BCUT2D eigenvalue weighted by molar-refractivity contribution is 0.112. The highest BCUT2D eigenvalue weighted by Gasteiger charge is 2.11. The van der Waals surface area contributed by atoms with Gasteiger partial charge in [-0.3, -0.25) is 19.7 Å². The molecule has 0 unspecified atom stereocenters. The number of pyridine rings is 3. The molecule has 0 radical (unpaired) electrons. The zero-order valence-electron chi connectivity index (χ0n) is 10.6. The van der Waals surface area contributed by atoms with Crippen molar-refractivity contribution in [3.63, 3.8) is 0 Å². The Kier molecular flexibility index (Phi) is 3.29. The molecule has 96 valence electrons. The average Bonchev–Trinajstić information content (AvgIpc) is 2.55. The molecule has 0 spiro atoms. The molecular formula is C16H11N3O. The van der Waals surface area contributed by atoms with E-state index < -0.39 is 0 Å². The lowest BCUT2D eigenvalue weighted by Gasteiger charge is -2.09. The normalized spacial score (nSPS) is 10.2. The second-order valence-corrected chi connectivity index (χ2v) is 4.24. The van der Waals surface area contributed by atoms with Crippen LogP contribution in [0.1, 0.15) is 10.4 Å².